The number of rotatable bonds is 5. The summed E-state index contributed by atoms with van der Waals surface area (Å²) < 4.78 is 11.1. The quantitative estimate of drug-likeness (QED) is 0.867. The van der Waals surface area contributed by atoms with Crippen LogP contribution in [0.2, 0.25) is 0 Å². The standard InChI is InChI=1S/C15H25N3O2/c1-16-9-13-8-15(20-12-13)11-17-3-2-14(10-17)18-4-6-19-7-5-18/h8,12,14,16H,2-7,9-11H2,1H3. The minimum Gasteiger partial charge on any atom is -0.468 e. The Morgan fingerprint density at radius 2 is 2.15 bits per heavy atom. The number of hydrogen-bond donors (Lipinski definition) is 1. The lowest BCUT2D eigenvalue weighted by molar-refractivity contribution is 0.0182. The molecule has 0 bridgehead atoms. The third-order valence-corrected chi connectivity index (χ3v) is 4.28. The van der Waals surface area contributed by atoms with Crippen molar-refractivity contribution in [2.24, 2.45) is 0 Å². The van der Waals surface area contributed by atoms with Gasteiger partial charge in [0.2, 0.25) is 0 Å². The number of morpholine rings is 1. The maximum Gasteiger partial charge on any atom is 0.118 e. The second-order valence-corrected chi connectivity index (χ2v) is 5.78. The largest absolute Gasteiger partial charge is 0.468 e. The highest BCUT2D eigenvalue weighted by Crippen LogP contribution is 2.20. The van der Waals surface area contributed by atoms with E-state index in [1.807, 2.05) is 13.3 Å². The first-order chi connectivity index (χ1) is 9.85. The number of nitrogens with one attached hydrogen (secondary N) is 1. The van der Waals surface area contributed by atoms with Gasteiger partial charge < -0.3 is 14.5 Å². The topological polar surface area (TPSA) is 40.9 Å². The second-order valence-electron chi connectivity index (χ2n) is 5.78. The molecule has 2 fully saturated rings. The number of furan rings is 1. The van der Waals surface area contributed by atoms with Gasteiger partial charge in [-0.3, -0.25) is 9.80 Å². The lowest BCUT2D eigenvalue weighted by Gasteiger charge is -2.32. The molecule has 2 saturated heterocycles. The Labute approximate surface area is 120 Å². The summed E-state index contributed by atoms with van der Waals surface area (Å²) in [4.78, 5) is 5.08. The molecule has 1 atom stereocenters. The van der Waals surface area contributed by atoms with E-state index in [-0.39, 0.29) is 0 Å². The van der Waals surface area contributed by atoms with Crippen LogP contribution < -0.4 is 5.32 Å². The zero-order valence-electron chi connectivity index (χ0n) is 12.3. The van der Waals surface area contributed by atoms with Crippen LogP contribution in [0.25, 0.3) is 0 Å². The Balaban J connectivity index is 1.49. The molecule has 3 rings (SSSR count). The lowest BCUT2D eigenvalue weighted by atomic mass is 10.2. The van der Waals surface area contributed by atoms with Gasteiger partial charge in [-0.15, -0.1) is 0 Å². The number of hydrogen-bond acceptors (Lipinski definition) is 5. The summed E-state index contributed by atoms with van der Waals surface area (Å²) in [6.07, 6.45) is 3.13. The van der Waals surface area contributed by atoms with Gasteiger partial charge in [-0.05, 0) is 19.5 Å². The van der Waals surface area contributed by atoms with Crippen molar-refractivity contribution in [3.8, 4) is 0 Å². The fourth-order valence-corrected chi connectivity index (χ4v) is 3.22. The van der Waals surface area contributed by atoms with Gasteiger partial charge in [-0.1, -0.05) is 0 Å². The minimum atomic E-state index is 0.700. The van der Waals surface area contributed by atoms with Crippen molar-refractivity contribution < 1.29 is 9.15 Å². The molecule has 1 aromatic rings. The first-order valence-corrected chi connectivity index (χ1v) is 7.60. The average molecular weight is 279 g/mol. The third-order valence-electron chi connectivity index (χ3n) is 4.28. The van der Waals surface area contributed by atoms with Crippen molar-refractivity contribution in [3.05, 3.63) is 23.7 Å². The summed E-state index contributed by atoms with van der Waals surface area (Å²) in [5.74, 6) is 1.08. The van der Waals surface area contributed by atoms with E-state index < -0.39 is 0 Å². The van der Waals surface area contributed by atoms with E-state index in [0.717, 1.165) is 51.7 Å². The van der Waals surface area contributed by atoms with Crippen LogP contribution in [-0.2, 0) is 17.8 Å². The van der Waals surface area contributed by atoms with Crippen molar-refractivity contribution in [2.45, 2.75) is 25.6 Å². The summed E-state index contributed by atoms with van der Waals surface area (Å²) in [6, 6.07) is 2.86. The van der Waals surface area contributed by atoms with Crippen molar-refractivity contribution in [1.82, 2.24) is 15.1 Å². The Bertz CT molecular complexity index is 415. The van der Waals surface area contributed by atoms with Gasteiger partial charge in [0.1, 0.15) is 5.76 Å². The molecule has 5 heteroatoms. The van der Waals surface area contributed by atoms with E-state index >= 15 is 0 Å². The highest BCUT2D eigenvalue weighted by molar-refractivity contribution is 5.12. The number of nitrogens with zero attached hydrogens (tertiary/aromatic N) is 2. The zero-order valence-corrected chi connectivity index (χ0v) is 12.3. The summed E-state index contributed by atoms with van der Waals surface area (Å²) >= 11 is 0. The first-order valence-electron chi connectivity index (χ1n) is 7.60. The molecule has 0 spiro atoms. The van der Waals surface area contributed by atoms with Gasteiger partial charge in [0.15, 0.2) is 0 Å². The number of ether oxygens (including phenoxy) is 1. The van der Waals surface area contributed by atoms with E-state index in [1.54, 1.807) is 0 Å². The van der Waals surface area contributed by atoms with Crippen LogP contribution in [0.5, 0.6) is 0 Å². The fourth-order valence-electron chi connectivity index (χ4n) is 3.22. The predicted octanol–water partition coefficient (Wildman–Crippen LogP) is 0.906. The van der Waals surface area contributed by atoms with Crippen LogP contribution in [0.3, 0.4) is 0 Å². The molecule has 112 valence electrons. The monoisotopic (exact) mass is 279 g/mol. The molecular formula is C15H25N3O2. The minimum absolute atomic E-state index is 0.700. The van der Waals surface area contributed by atoms with Crippen LogP contribution in [0.1, 0.15) is 17.7 Å². The van der Waals surface area contributed by atoms with E-state index in [1.165, 1.54) is 18.5 Å². The summed E-state index contributed by atoms with van der Waals surface area (Å²) in [5.41, 5.74) is 1.23. The van der Waals surface area contributed by atoms with E-state index in [2.05, 4.69) is 21.2 Å². The van der Waals surface area contributed by atoms with E-state index in [9.17, 15) is 0 Å². The number of likely N-dealkylation sites (tertiary alicyclic amines) is 1. The molecule has 0 radical (unpaired) electrons. The molecule has 1 aromatic heterocycles. The Hall–Kier alpha value is -0.880. The third kappa shape index (κ3) is 3.41. The van der Waals surface area contributed by atoms with Crippen molar-refractivity contribution >= 4 is 0 Å². The molecular weight excluding hydrogens is 254 g/mol. The van der Waals surface area contributed by atoms with E-state index in [4.69, 9.17) is 9.15 Å². The zero-order chi connectivity index (χ0) is 13.8. The summed E-state index contributed by atoms with van der Waals surface area (Å²) in [5, 5.41) is 3.15. The normalized spacial score (nSPS) is 25.4. The maximum atomic E-state index is 5.64. The van der Waals surface area contributed by atoms with Crippen LogP contribution in [-0.4, -0.2) is 62.3 Å². The highest BCUT2D eigenvalue weighted by Gasteiger charge is 2.28. The van der Waals surface area contributed by atoms with Crippen LogP contribution >= 0.6 is 0 Å². The van der Waals surface area contributed by atoms with Gasteiger partial charge in [0.25, 0.3) is 0 Å². The molecule has 2 aliphatic rings. The summed E-state index contributed by atoms with van der Waals surface area (Å²) in [7, 11) is 1.96. The Morgan fingerprint density at radius 3 is 2.95 bits per heavy atom. The molecule has 20 heavy (non-hydrogen) atoms. The SMILES string of the molecule is CNCc1coc(CN2CCC(N3CCOCC3)C2)c1. The molecule has 1 N–H and O–H groups in total. The molecule has 0 saturated carbocycles. The maximum absolute atomic E-state index is 5.64. The lowest BCUT2D eigenvalue weighted by Crippen LogP contribution is -2.44. The molecule has 0 aromatic carbocycles. The van der Waals surface area contributed by atoms with Gasteiger partial charge in [0.05, 0.1) is 26.0 Å². The molecule has 0 aliphatic carbocycles. The van der Waals surface area contributed by atoms with Crippen molar-refractivity contribution in [1.29, 1.82) is 0 Å². The molecule has 5 nitrogen and oxygen atoms in total. The van der Waals surface area contributed by atoms with Crippen molar-refractivity contribution in [2.75, 3.05) is 46.4 Å². The van der Waals surface area contributed by atoms with Crippen molar-refractivity contribution in [3.63, 3.8) is 0 Å². The van der Waals surface area contributed by atoms with Crippen LogP contribution in [0, 0.1) is 0 Å². The van der Waals surface area contributed by atoms with E-state index in [0.29, 0.717) is 6.04 Å². The smallest absolute Gasteiger partial charge is 0.118 e. The molecule has 2 aliphatic heterocycles. The Kier molecular flexibility index (Phi) is 4.73. The van der Waals surface area contributed by atoms with Gasteiger partial charge in [0, 0.05) is 44.3 Å². The highest BCUT2D eigenvalue weighted by atomic mass is 16.5. The fraction of sp³-hybridized carbons (Fsp3) is 0.733. The molecule has 1 unspecified atom stereocenters. The molecule has 0 amide bonds. The first kappa shape index (κ1) is 14.1. The Morgan fingerprint density at radius 1 is 1.30 bits per heavy atom. The van der Waals surface area contributed by atoms with Gasteiger partial charge in [-0.25, -0.2) is 0 Å². The molecule has 3 heterocycles. The van der Waals surface area contributed by atoms with Crippen LogP contribution in [0.15, 0.2) is 16.7 Å². The van der Waals surface area contributed by atoms with Gasteiger partial charge >= 0.3 is 0 Å². The summed E-state index contributed by atoms with van der Waals surface area (Å²) in [6.45, 7) is 8.10. The predicted molar refractivity (Wildman–Crippen MR) is 77.5 cm³/mol. The average Bonchev–Trinajstić information content (AvgIpc) is 3.11. The van der Waals surface area contributed by atoms with Gasteiger partial charge in [-0.2, -0.15) is 0 Å². The van der Waals surface area contributed by atoms with Crippen LogP contribution in [0.4, 0.5) is 0 Å². The second kappa shape index (κ2) is 6.72.